The third-order valence-corrected chi connectivity index (χ3v) is 4.58. The number of carbonyl (C=O) groups is 2. The van der Waals surface area contributed by atoms with Gasteiger partial charge in [0, 0.05) is 45.2 Å². The lowest BCUT2D eigenvalue weighted by molar-refractivity contribution is -0.119. The highest BCUT2D eigenvalue weighted by Gasteiger charge is 2.24. The van der Waals surface area contributed by atoms with E-state index in [9.17, 15) is 9.59 Å². The first-order valence-electron chi connectivity index (χ1n) is 9.30. The molecule has 0 radical (unpaired) electrons. The van der Waals surface area contributed by atoms with E-state index in [-0.39, 0.29) is 24.5 Å². The summed E-state index contributed by atoms with van der Waals surface area (Å²) in [5.41, 5.74) is 2.57. The Hall–Kier alpha value is -2.80. The van der Waals surface area contributed by atoms with Crippen LogP contribution in [0.25, 0.3) is 0 Å². The first-order chi connectivity index (χ1) is 13.4. The van der Waals surface area contributed by atoms with Crippen molar-refractivity contribution in [3.63, 3.8) is 0 Å². The summed E-state index contributed by atoms with van der Waals surface area (Å²) in [6.45, 7) is 4.44. The predicted octanol–water partition coefficient (Wildman–Crippen LogP) is 3.37. The van der Waals surface area contributed by atoms with Crippen molar-refractivity contribution in [2.45, 2.75) is 32.9 Å². The molecule has 0 saturated heterocycles. The van der Waals surface area contributed by atoms with Crippen LogP contribution in [0, 0.1) is 0 Å². The van der Waals surface area contributed by atoms with E-state index in [1.165, 1.54) is 13.4 Å². The Kier molecular flexibility index (Phi) is 7.63. The van der Waals surface area contributed by atoms with Crippen molar-refractivity contribution in [3.8, 4) is 0 Å². The van der Waals surface area contributed by atoms with Gasteiger partial charge in [-0.1, -0.05) is 6.92 Å². The quantitative estimate of drug-likeness (QED) is 0.714. The summed E-state index contributed by atoms with van der Waals surface area (Å²) in [5, 5.41) is 2.82. The van der Waals surface area contributed by atoms with Gasteiger partial charge in [0.15, 0.2) is 5.76 Å². The molecular weight excluding hydrogens is 358 g/mol. The number of carbonyl (C=O) groups excluding carboxylic acids is 2. The Morgan fingerprint density at radius 2 is 2.00 bits per heavy atom. The zero-order valence-corrected chi connectivity index (χ0v) is 17.2. The second kappa shape index (κ2) is 9.94. The highest BCUT2D eigenvalue weighted by atomic mass is 16.5. The molecule has 0 aliphatic rings. The molecule has 28 heavy (non-hydrogen) atoms. The fourth-order valence-electron chi connectivity index (χ4n) is 2.93. The Morgan fingerprint density at radius 3 is 2.57 bits per heavy atom. The minimum absolute atomic E-state index is 0.0132. The number of nitrogens with zero attached hydrogens (tertiary/aromatic N) is 2. The van der Waals surface area contributed by atoms with Crippen LogP contribution in [0.2, 0.25) is 0 Å². The number of hydrogen-bond acceptors (Lipinski definition) is 5. The maximum absolute atomic E-state index is 13.0. The summed E-state index contributed by atoms with van der Waals surface area (Å²) >= 11 is 0. The van der Waals surface area contributed by atoms with Crippen molar-refractivity contribution >= 4 is 23.2 Å². The van der Waals surface area contributed by atoms with Crippen molar-refractivity contribution in [2.24, 2.45) is 0 Å². The lowest BCUT2D eigenvalue weighted by Gasteiger charge is -2.30. The fourth-order valence-corrected chi connectivity index (χ4v) is 2.93. The number of benzene rings is 1. The molecule has 1 heterocycles. The van der Waals surface area contributed by atoms with E-state index < -0.39 is 0 Å². The van der Waals surface area contributed by atoms with Crippen LogP contribution < -0.4 is 10.2 Å². The number of ether oxygens (including phenoxy) is 1. The van der Waals surface area contributed by atoms with Crippen molar-refractivity contribution in [3.05, 3.63) is 47.9 Å². The van der Waals surface area contributed by atoms with E-state index in [0.717, 1.165) is 17.7 Å². The molecule has 0 aliphatic carbocycles. The van der Waals surface area contributed by atoms with Crippen LogP contribution >= 0.6 is 0 Å². The Bertz CT molecular complexity index is 787. The summed E-state index contributed by atoms with van der Waals surface area (Å²) < 4.78 is 10.2. The zero-order valence-electron chi connectivity index (χ0n) is 17.2. The Balaban J connectivity index is 2.35. The molecule has 0 aliphatic heterocycles. The SMILES string of the molecule is CC[C@@H](C)N(Cc1cc(NC(=O)COC)ccc1N(C)C)C(=O)c1ccco1. The molecular formula is C21H29N3O4. The number of anilines is 2. The van der Waals surface area contributed by atoms with Crippen LogP contribution in [0.4, 0.5) is 11.4 Å². The van der Waals surface area contributed by atoms with Gasteiger partial charge in [-0.2, -0.15) is 0 Å². The molecule has 2 aromatic rings. The molecule has 2 rings (SSSR count). The number of hydrogen-bond donors (Lipinski definition) is 1. The van der Waals surface area contributed by atoms with Crippen molar-refractivity contribution in [1.29, 1.82) is 0 Å². The summed E-state index contributed by atoms with van der Waals surface area (Å²) in [4.78, 5) is 28.6. The number of amides is 2. The van der Waals surface area contributed by atoms with Gasteiger partial charge in [0.25, 0.3) is 5.91 Å². The molecule has 0 fully saturated rings. The lowest BCUT2D eigenvalue weighted by Crippen LogP contribution is -2.38. The second-order valence-electron chi connectivity index (χ2n) is 6.89. The highest BCUT2D eigenvalue weighted by molar-refractivity contribution is 5.93. The topological polar surface area (TPSA) is 75.0 Å². The number of methoxy groups -OCH3 is 1. The minimum Gasteiger partial charge on any atom is -0.459 e. The van der Waals surface area contributed by atoms with Gasteiger partial charge < -0.3 is 24.3 Å². The summed E-state index contributed by atoms with van der Waals surface area (Å²) in [5.74, 6) is -0.0642. The number of furan rings is 1. The summed E-state index contributed by atoms with van der Waals surface area (Å²) in [6.07, 6.45) is 2.31. The van der Waals surface area contributed by atoms with Crippen LogP contribution in [0.15, 0.2) is 41.0 Å². The third kappa shape index (κ3) is 5.36. The van der Waals surface area contributed by atoms with Gasteiger partial charge >= 0.3 is 0 Å². The van der Waals surface area contributed by atoms with E-state index in [1.807, 2.05) is 51.0 Å². The van der Waals surface area contributed by atoms with Gasteiger partial charge in [-0.15, -0.1) is 0 Å². The van der Waals surface area contributed by atoms with E-state index in [4.69, 9.17) is 9.15 Å². The van der Waals surface area contributed by atoms with Crippen molar-refractivity contribution in [2.75, 3.05) is 38.0 Å². The van der Waals surface area contributed by atoms with Crippen molar-refractivity contribution < 1.29 is 18.7 Å². The largest absolute Gasteiger partial charge is 0.459 e. The van der Waals surface area contributed by atoms with Gasteiger partial charge in [0.1, 0.15) is 6.61 Å². The zero-order chi connectivity index (χ0) is 20.7. The molecule has 152 valence electrons. The first-order valence-corrected chi connectivity index (χ1v) is 9.30. The molecule has 0 bridgehead atoms. The van der Waals surface area contributed by atoms with Crippen LogP contribution in [-0.4, -0.2) is 50.6 Å². The number of rotatable bonds is 9. The van der Waals surface area contributed by atoms with Gasteiger partial charge in [-0.25, -0.2) is 0 Å². The van der Waals surface area contributed by atoms with Gasteiger partial charge in [0.2, 0.25) is 5.91 Å². The van der Waals surface area contributed by atoms with E-state index in [2.05, 4.69) is 5.32 Å². The smallest absolute Gasteiger partial charge is 0.290 e. The molecule has 1 aromatic heterocycles. The molecule has 0 saturated carbocycles. The van der Waals surface area contributed by atoms with Crippen molar-refractivity contribution in [1.82, 2.24) is 4.90 Å². The molecule has 1 N–H and O–H groups in total. The van der Waals surface area contributed by atoms with Crippen LogP contribution in [0.5, 0.6) is 0 Å². The van der Waals surface area contributed by atoms with Crippen LogP contribution in [-0.2, 0) is 16.1 Å². The Labute approximate surface area is 166 Å². The normalized spacial score (nSPS) is 11.8. The molecule has 1 aromatic carbocycles. The van der Waals surface area contributed by atoms with E-state index in [0.29, 0.717) is 18.0 Å². The minimum atomic E-state index is -0.225. The lowest BCUT2D eigenvalue weighted by atomic mass is 10.1. The maximum atomic E-state index is 13.0. The van der Waals surface area contributed by atoms with Gasteiger partial charge in [0.05, 0.1) is 6.26 Å². The average molecular weight is 387 g/mol. The number of nitrogens with one attached hydrogen (secondary N) is 1. The maximum Gasteiger partial charge on any atom is 0.290 e. The monoisotopic (exact) mass is 387 g/mol. The molecule has 7 nitrogen and oxygen atoms in total. The Morgan fingerprint density at radius 1 is 1.25 bits per heavy atom. The van der Waals surface area contributed by atoms with Crippen LogP contribution in [0.3, 0.4) is 0 Å². The molecule has 2 amide bonds. The average Bonchev–Trinajstić information content (AvgIpc) is 3.19. The highest BCUT2D eigenvalue weighted by Crippen LogP contribution is 2.26. The van der Waals surface area contributed by atoms with Gasteiger partial charge in [-0.3, -0.25) is 9.59 Å². The first kappa shape index (κ1) is 21.5. The molecule has 0 spiro atoms. The van der Waals surface area contributed by atoms with E-state index in [1.54, 1.807) is 17.0 Å². The van der Waals surface area contributed by atoms with Gasteiger partial charge in [-0.05, 0) is 49.2 Å². The fraction of sp³-hybridized carbons (Fsp3) is 0.429. The summed E-state index contributed by atoms with van der Waals surface area (Å²) in [6, 6.07) is 9.08. The predicted molar refractivity (Wildman–Crippen MR) is 110 cm³/mol. The van der Waals surface area contributed by atoms with E-state index >= 15 is 0 Å². The van der Waals surface area contributed by atoms with Crippen LogP contribution in [0.1, 0.15) is 36.4 Å². The third-order valence-electron chi connectivity index (χ3n) is 4.58. The second-order valence-corrected chi connectivity index (χ2v) is 6.89. The summed E-state index contributed by atoms with van der Waals surface area (Å²) in [7, 11) is 5.37. The standard InChI is InChI=1S/C21H29N3O4/c1-6-15(2)24(21(26)19-8-7-11-28-19)13-16-12-17(22-20(25)14-27-5)9-10-18(16)23(3)4/h7-12,15H,6,13-14H2,1-5H3,(H,22,25)/t15-/m1/s1. The molecule has 1 atom stereocenters. The molecule has 0 unspecified atom stereocenters. The molecule has 7 heteroatoms.